The summed E-state index contributed by atoms with van der Waals surface area (Å²) in [5, 5.41) is 7.54. The van der Waals surface area contributed by atoms with E-state index in [9.17, 15) is 9.59 Å². The minimum absolute atomic E-state index is 0.120. The van der Waals surface area contributed by atoms with E-state index in [2.05, 4.69) is 24.3 Å². The third kappa shape index (κ3) is 4.92. The molecule has 0 aliphatic heterocycles. The van der Waals surface area contributed by atoms with Crippen LogP contribution in [-0.2, 0) is 16.0 Å². The number of thioether (sulfide) groups is 1. The molecule has 1 aromatic carbocycles. The van der Waals surface area contributed by atoms with Crippen LogP contribution in [0.15, 0.2) is 53.7 Å². The van der Waals surface area contributed by atoms with E-state index in [-0.39, 0.29) is 12.3 Å². The van der Waals surface area contributed by atoms with Gasteiger partial charge in [-0.2, -0.15) is 5.10 Å². The second kappa shape index (κ2) is 8.93. The zero-order valence-corrected chi connectivity index (χ0v) is 17.0. The van der Waals surface area contributed by atoms with Gasteiger partial charge in [0.25, 0.3) is 0 Å². The van der Waals surface area contributed by atoms with E-state index in [1.807, 2.05) is 24.3 Å². The number of anilines is 1. The molecule has 0 aliphatic rings. The zero-order valence-electron chi connectivity index (χ0n) is 16.1. The van der Waals surface area contributed by atoms with Crippen LogP contribution >= 0.6 is 11.8 Å². The molecule has 6 nitrogen and oxygen atoms in total. The summed E-state index contributed by atoms with van der Waals surface area (Å²) in [7, 11) is 0. The maximum Gasteiger partial charge on any atom is 0.341 e. The molecule has 28 heavy (non-hydrogen) atoms. The number of carbonyl (C=O) groups excluding carboxylic acids is 2. The van der Waals surface area contributed by atoms with Gasteiger partial charge in [0, 0.05) is 22.0 Å². The number of nitrogens with one attached hydrogen (secondary N) is 1. The molecule has 0 bridgehead atoms. The third-order valence-electron chi connectivity index (χ3n) is 3.96. The average molecular weight is 398 g/mol. The number of fused-ring (bicyclic) bond motifs is 1. The summed E-state index contributed by atoms with van der Waals surface area (Å²) < 4.78 is 6.62. The van der Waals surface area contributed by atoms with Gasteiger partial charge in [-0.3, -0.25) is 4.79 Å². The highest BCUT2D eigenvalue weighted by Gasteiger charge is 2.14. The molecule has 0 aliphatic carbocycles. The molecule has 0 fully saturated rings. The first-order chi connectivity index (χ1) is 13.5. The summed E-state index contributed by atoms with van der Waals surface area (Å²) in [5.74, 6) is -0.550. The van der Waals surface area contributed by atoms with Gasteiger partial charge >= 0.3 is 5.97 Å². The van der Waals surface area contributed by atoms with Crippen molar-refractivity contribution >= 4 is 34.8 Å². The Kier molecular flexibility index (Phi) is 6.36. The molecule has 3 rings (SSSR count). The number of amides is 1. The highest BCUT2D eigenvalue weighted by atomic mass is 32.2. The van der Waals surface area contributed by atoms with Crippen molar-refractivity contribution in [1.29, 1.82) is 0 Å². The smallest absolute Gasteiger partial charge is 0.341 e. The number of ether oxygens (including phenoxy) is 1. The largest absolute Gasteiger partial charge is 0.462 e. The van der Waals surface area contributed by atoms with E-state index in [4.69, 9.17) is 4.74 Å². The molecular formula is C21H23N3O3S. The number of esters is 1. The van der Waals surface area contributed by atoms with Gasteiger partial charge in [0.15, 0.2) is 0 Å². The van der Waals surface area contributed by atoms with E-state index < -0.39 is 5.97 Å². The highest BCUT2D eigenvalue weighted by molar-refractivity contribution is 7.99. The summed E-state index contributed by atoms with van der Waals surface area (Å²) >= 11 is 1.79. The predicted octanol–water partition coefficient (Wildman–Crippen LogP) is 4.19. The Bertz CT molecular complexity index is 980. The van der Waals surface area contributed by atoms with Crippen molar-refractivity contribution < 1.29 is 14.3 Å². The molecule has 0 saturated heterocycles. The fourth-order valence-electron chi connectivity index (χ4n) is 2.77. The van der Waals surface area contributed by atoms with Crippen molar-refractivity contribution in [1.82, 2.24) is 9.61 Å². The van der Waals surface area contributed by atoms with Gasteiger partial charge in [0.1, 0.15) is 5.56 Å². The molecule has 0 spiro atoms. The first kappa shape index (κ1) is 19.9. The molecule has 1 amide bonds. The van der Waals surface area contributed by atoms with Crippen LogP contribution < -0.4 is 5.32 Å². The number of rotatable bonds is 7. The number of nitrogens with zero attached hydrogens (tertiary/aromatic N) is 2. The van der Waals surface area contributed by atoms with Crippen LogP contribution in [0, 0.1) is 0 Å². The van der Waals surface area contributed by atoms with Crippen LogP contribution in [-0.4, -0.2) is 33.3 Å². The van der Waals surface area contributed by atoms with Crippen molar-refractivity contribution in [3.8, 4) is 0 Å². The van der Waals surface area contributed by atoms with E-state index in [1.165, 1.54) is 11.1 Å². The lowest BCUT2D eigenvalue weighted by molar-refractivity contribution is -0.115. The van der Waals surface area contributed by atoms with E-state index in [1.54, 1.807) is 41.5 Å². The Balaban J connectivity index is 1.69. The lowest BCUT2D eigenvalue weighted by Crippen LogP contribution is -2.14. The summed E-state index contributed by atoms with van der Waals surface area (Å²) in [5.41, 5.74) is 2.52. The highest BCUT2D eigenvalue weighted by Crippen LogP contribution is 2.23. The molecule has 7 heteroatoms. The number of pyridine rings is 1. The molecule has 146 valence electrons. The number of benzene rings is 1. The summed E-state index contributed by atoms with van der Waals surface area (Å²) in [6.07, 6.45) is 3.45. The fourth-order valence-corrected chi connectivity index (χ4v) is 3.61. The van der Waals surface area contributed by atoms with Crippen LogP contribution in [0.2, 0.25) is 0 Å². The van der Waals surface area contributed by atoms with Gasteiger partial charge in [0.2, 0.25) is 5.91 Å². The van der Waals surface area contributed by atoms with E-state index in [0.29, 0.717) is 28.6 Å². The summed E-state index contributed by atoms with van der Waals surface area (Å²) in [4.78, 5) is 25.6. The summed E-state index contributed by atoms with van der Waals surface area (Å²) in [6, 6.07) is 11.5. The molecular weight excluding hydrogens is 374 g/mol. The van der Waals surface area contributed by atoms with Crippen LogP contribution in [0.25, 0.3) is 5.52 Å². The maximum absolute atomic E-state index is 12.4. The normalized spacial score (nSPS) is 11.0. The van der Waals surface area contributed by atoms with Crippen molar-refractivity contribution in [2.75, 3.05) is 11.9 Å². The Hall–Kier alpha value is -2.80. The van der Waals surface area contributed by atoms with Crippen molar-refractivity contribution in [2.24, 2.45) is 0 Å². The fraction of sp³-hybridized carbons (Fsp3) is 0.286. The molecule has 2 aromatic heterocycles. The van der Waals surface area contributed by atoms with Gasteiger partial charge in [0.05, 0.1) is 24.7 Å². The van der Waals surface area contributed by atoms with Gasteiger partial charge in [-0.1, -0.05) is 26.0 Å². The minimum Gasteiger partial charge on any atom is -0.462 e. The molecule has 0 atom stereocenters. The average Bonchev–Trinajstić information content (AvgIpc) is 3.06. The maximum atomic E-state index is 12.4. The summed E-state index contributed by atoms with van der Waals surface area (Å²) in [6.45, 7) is 6.35. The first-order valence-electron chi connectivity index (χ1n) is 9.16. The quantitative estimate of drug-likeness (QED) is 0.478. The standard InChI is InChI=1S/C21H23N3O3S/c1-4-27-21(26)18-13-22-24-10-9-16(12-19(18)24)23-20(25)11-15-5-7-17(8-6-15)28-14(2)3/h5-10,12-14H,4,11H2,1-3H3,(H,23,25). The van der Waals surface area contributed by atoms with Gasteiger partial charge in [-0.25, -0.2) is 9.31 Å². The number of hydrogen-bond acceptors (Lipinski definition) is 5. The van der Waals surface area contributed by atoms with E-state index in [0.717, 1.165) is 5.56 Å². The SMILES string of the molecule is CCOC(=O)c1cnn2ccc(NC(=O)Cc3ccc(SC(C)C)cc3)cc12. The van der Waals surface area contributed by atoms with Gasteiger partial charge in [-0.15, -0.1) is 11.8 Å². The Morgan fingerprint density at radius 1 is 1.21 bits per heavy atom. The van der Waals surface area contributed by atoms with E-state index >= 15 is 0 Å². The molecule has 0 radical (unpaired) electrons. The molecule has 2 heterocycles. The third-order valence-corrected chi connectivity index (χ3v) is 4.98. The molecule has 3 aromatic rings. The number of carbonyl (C=O) groups is 2. The lowest BCUT2D eigenvalue weighted by atomic mass is 10.1. The van der Waals surface area contributed by atoms with Crippen LogP contribution in [0.4, 0.5) is 5.69 Å². The molecule has 0 unspecified atom stereocenters. The van der Waals surface area contributed by atoms with Crippen LogP contribution in [0.1, 0.15) is 36.7 Å². The van der Waals surface area contributed by atoms with Crippen LogP contribution in [0.5, 0.6) is 0 Å². The minimum atomic E-state index is -0.430. The molecule has 0 saturated carbocycles. The van der Waals surface area contributed by atoms with Crippen LogP contribution in [0.3, 0.4) is 0 Å². The Labute approximate surface area is 168 Å². The number of aromatic nitrogens is 2. The first-order valence-corrected chi connectivity index (χ1v) is 10.0. The van der Waals surface area contributed by atoms with Gasteiger partial charge in [-0.05, 0) is 36.8 Å². The number of hydrogen-bond donors (Lipinski definition) is 1. The topological polar surface area (TPSA) is 72.7 Å². The predicted molar refractivity (Wildman–Crippen MR) is 111 cm³/mol. The molecule has 1 N–H and O–H groups in total. The Morgan fingerprint density at radius 3 is 2.64 bits per heavy atom. The second-order valence-corrected chi connectivity index (χ2v) is 8.21. The zero-order chi connectivity index (χ0) is 20.1. The second-order valence-electron chi connectivity index (χ2n) is 6.56. The lowest BCUT2D eigenvalue weighted by Gasteiger charge is -2.08. The van der Waals surface area contributed by atoms with Crippen molar-refractivity contribution in [3.63, 3.8) is 0 Å². The van der Waals surface area contributed by atoms with Gasteiger partial charge < -0.3 is 10.1 Å². The van der Waals surface area contributed by atoms with Crippen molar-refractivity contribution in [2.45, 2.75) is 37.3 Å². The van der Waals surface area contributed by atoms with Crippen molar-refractivity contribution in [3.05, 3.63) is 59.9 Å². The Morgan fingerprint density at radius 2 is 1.96 bits per heavy atom. The monoisotopic (exact) mass is 397 g/mol.